The number of rotatable bonds is 10. The van der Waals surface area contributed by atoms with Gasteiger partial charge in [0.2, 0.25) is 11.8 Å². The van der Waals surface area contributed by atoms with Crippen molar-refractivity contribution in [3.05, 3.63) is 78.1 Å². The molecule has 0 aliphatic carbocycles. The van der Waals surface area contributed by atoms with Gasteiger partial charge in [0, 0.05) is 43.9 Å². The van der Waals surface area contributed by atoms with Gasteiger partial charge in [0.25, 0.3) is 5.91 Å². The van der Waals surface area contributed by atoms with Crippen molar-refractivity contribution in [1.29, 1.82) is 0 Å². The topological polar surface area (TPSA) is 92.5 Å². The Balaban J connectivity index is 1.55. The molecule has 0 bridgehead atoms. The summed E-state index contributed by atoms with van der Waals surface area (Å²) in [5.41, 5.74) is 2.14. The number of hydrogen-bond acceptors (Lipinski definition) is 6. The minimum atomic E-state index is -0.536. The van der Waals surface area contributed by atoms with Crippen molar-refractivity contribution < 1.29 is 28.3 Å². The standard InChI is InChI=1S/C30H35N3O6/c1-4-31(5-2)29(35)21-39-26-18-32(17-22-11-13-25(37-3)14-12-22)28(34)20-33(19-26)30(36)24-9-6-8-23(16-24)27-10-7-15-38-27/h6-16,26H,4-5,17-21H2,1-3H3/t26-/m0/s1. The quantitative estimate of drug-likeness (QED) is 0.395. The Kier molecular flexibility index (Phi) is 9.38. The highest BCUT2D eigenvalue weighted by Gasteiger charge is 2.32. The SMILES string of the molecule is CCN(CC)C(=O)CO[C@H]1CN(Cc2ccc(OC)cc2)C(=O)CN(C(=O)c2cccc(-c3ccco3)c2)C1. The smallest absolute Gasteiger partial charge is 0.254 e. The largest absolute Gasteiger partial charge is 0.497 e. The van der Waals surface area contributed by atoms with Crippen LogP contribution in [0.1, 0.15) is 29.8 Å². The van der Waals surface area contributed by atoms with Gasteiger partial charge in [0.05, 0.1) is 19.5 Å². The summed E-state index contributed by atoms with van der Waals surface area (Å²) in [5, 5.41) is 0. The lowest BCUT2D eigenvalue weighted by Crippen LogP contribution is -2.41. The Morgan fingerprint density at radius 3 is 2.46 bits per heavy atom. The van der Waals surface area contributed by atoms with Gasteiger partial charge in [-0.15, -0.1) is 0 Å². The van der Waals surface area contributed by atoms with Gasteiger partial charge in [0.15, 0.2) is 0 Å². The number of amides is 3. The number of ether oxygens (including phenoxy) is 2. The second-order valence-electron chi connectivity index (χ2n) is 9.37. The van der Waals surface area contributed by atoms with Gasteiger partial charge in [-0.1, -0.05) is 24.3 Å². The molecule has 0 unspecified atom stereocenters. The lowest BCUT2D eigenvalue weighted by Gasteiger charge is -2.26. The number of carbonyl (C=O) groups is 3. The highest BCUT2D eigenvalue weighted by atomic mass is 16.5. The fourth-order valence-corrected chi connectivity index (χ4v) is 4.63. The second-order valence-corrected chi connectivity index (χ2v) is 9.37. The van der Waals surface area contributed by atoms with Crippen molar-refractivity contribution in [2.24, 2.45) is 0 Å². The van der Waals surface area contributed by atoms with E-state index in [1.54, 1.807) is 47.4 Å². The molecule has 1 aromatic heterocycles. The third kappa shape index (κ3) is 7.06. The van der Waals surface area contributed by atoms with E-state index in [-0.39, 0.29) is 44.0 Å². The highest BCUT2D eigenvalue weighted by molar-refractivity contribution is 5.97. The van der Waals surface area contributed by atoms with Crippen LogP contribution in [0.25, 0.3) is 11.3 Å². The highest BCUT2D eigenvalue weighted by Crippen LogP contribution is 2.23. The number of carbonyl (C=O) groups excluding carboxylic acids is 3. The number of likely N-dealkylation sites (N-methyl/N-ethyl adjacent to an activating group) is 1. The summed E-state index contributed by atoms with van der Waals surface area (Å²) in [7, 11) is 1.60. The van der Waals surface area contributed by atoms with Crippen molar-refractivity contribution in [3.63, 3.8) is 0 Å². The van der Waals surface area contributed by atoms with Crippen LogP contribution in [0, 0.1) is 0 Å². The minimum absolute atomic E-state index is 0.0934. The zero-order valence-electron chi connectivity index (χ0n) is 22.7. The molecule has 3 aromatic rings. The summed E-state index contributed by atoms with van der Waals surface area (Å²) < 4.78 is 16.8. The van der Waals surface area contributed by atoms with Crippen LogP contribution in [0.3, 0.4) is 0 Å². The van der Waals surface area contributed by atoms with Gasteiger partial charge in [-0.3, -0.25) is 14.4 Å². The van der Waals surface area contributed by atoms with Gasteiger partial charge in [-0.05, 0) is 55.8 Å². The van der Waals surface area contributed by atoms with Gasteiger partial charge in [0.1, 0.15) is 24.7 Å². The maximum atomic E-state index is 13.6. The molecule has 4 rings (SSSR count). The molecule has 0 radical (unpaired) electrons. The maximum Gasteiger partial charge on any atom is 0.254 e. The lowest BCUT2D eigenvalue weighted by atomic mass is 10.1. The molecule has 1 aliphatic heterocycles. The molecule has 2 aromatic carbocycles. The third-order valence-electron chi connectivity index (χ3n) is 6.82. The summed E-state index contributed by atoms with van der Waals surface area (Å²) >= 11 is 0. The monoisotopic (exact) mass is 533 g/mol. The van der Waals surface area contributed by atoms with Gasteiger partial charge in [-0.2, -0.15) is 0 Å². The van der Waals surface area contributed by atoms with Crippen LogP contribution in [0.2, 0.25) is 0 Å². The van der Waals surface area contributed by atoms with Crippen molar-refractivity contribution in [3.8, 4) is 17.1 Å². The molecular weight excluding hydrogens is 498 g/mol. The summed E-state index contributed by atoms with van der Waals surface area (Å²) in [4.78, 5) is 44.5. The first-order valence-corrected chi connectivity index (χ1v) is 13.1. The second kappa shape index (κ2) is 13.1. The average molecular weight is 534 g/mol. The van der Waals surface area contributed by atoms with E-state index in [9.17, 15) is 14.4 Å². The molecule has 1 saturated heterocycles. The Morgan fingerprint density at radius 1 is 1.03 bits per heavy atom. The molecule has 9 heteroatoms. The van der Waals surface area contributed by atoms with Crippen LogP contribution >= 0.6 is 0 Å². The van der Waals surface area contributed by atoms with Crippen LogP contribution in [0.15, 0.2) is 71.3 Å². The fraction of sp³-hybridized carbons (Fsp3) is 0.367. The summed E-state index contributed by atoms with van der Waals surface area (Å²) in [6.07, 6.45) is 1.04. The van der Waals surface area contributed by atoms with E-state index in [2.05, 4.69) is 0 Å². The predicted molar refractivity (Wildman–Crippen MR) is 146 cm³/mol. The Labute approximate surface area is 228 Å². The van der Waals surface area contributed by atoms with E-state index in [0.29, 0.717) is 31.0 Å². The molecule has 2 heterocycles. The van der Waals surface area contributed by atoms with Crippen molar-refractivity contribution in [2.45, 2.75) is 26.5 Å². The molecule has 1 atom stereocenters. The molecule has 3 amide bonds. The number of furan rings is 1. The first kappa shape index (κ1) is 27.9. The lowest BCUT2D eigenvalue weighted by molar-refractivity contribution is -0.138. The molecule has 1 fully saturated rings. The van der Waals surface area contributed by atoms with E-state index in [1.165, 1.54) is 4.90 Å². The molecule has 206 valence electrons. The van der Waals surface area contributed by atoms with E-state index < -0.39 is 6.10 Å². The Bertz CT molecular complexity index is 1250. The van der Waals surface area contributed by atoms with Crippen molar-refractivity contribution >= 4 is 17.7 Å². The predicted octanol–water partition coefficient (Wildman–Crippen LogP) is 3.69. The van der Waals surface area contributed by atoms with Gasteiger partial charge >= 0.3 is 0 Å². The van der Waals surface area contributed by atoms with Gasteiger partial charge in [-0.25, -0.2) is 0 Å². The van der Waals surface area contributed by atoms with E-state index in [0.717, 1.165) is 16.9 Å². The van der Waals surface area contributed by atoms with E-state index in [1.807, 2.05) is 50.2 Å². The summed E-state index contributed by atoms with van der Waals surface area (Å²) in [6.45, 7) is 5.58. The van der Waals surface area contributed by atoms with Crippen LogP contribution < -0.4 is 4.74 Å². The molecule has 0 N–H and O–H groups in total. The Morgan fingerprint density at radius 2 is 1.79 bits per heavy atom. The van der Waals surface area contributed by atoms with E-state index in [4.69, 9.17) is 13.9 Å². The normalized spacial score (nSPS) is 15.7. The van der Waals surface area contributed by atoms with Crippen LogP contribution in [0.5, 0.6) is 5.75 Å². The zero-order valence-corrected chi connectivity index (χ0v) is 22.7. The first-order valence-electron chi connectivity index (χ1n) is 13.1. The summed E-state index contributed by atoms with van der Waals surface area (Å²) in [6, 6.07) is 18.2. The zero-order chi connectivity index (χ0) is 27.8. The van der Waals surface area contributed by atoms with Crippen molar-refractivity contribution in [2.75, 3.05) is 46.4 Å². The van der Waals surface area contributed by atoms with Crippen molar-refractivity contribution in [1.82, 2.24) is 14.7 Å². The molecule has 0 saturated carbocycles. The molecule has 39 heavy (non-hydrogen) atoms. The Hall–Kier alpha value is -4.11. The van der Waals surface area contributed by atoms with Crippen LogP contribution in [-0.2, 0) is 20.9 Å². The van der Waals surface area contributed by atoms with Crippen LogP contribution in [-0.4, -0.2) is 85.0 Å². The number of methoxy groups -OCH3 is 1. The van der Waals surface area contributed by atoms with Gasteiger partial charge < -0.3 is 28.6 Å². The maximum absolute atomic E-state index is 13.6. The number of nitrogens with zero attached hydrogens (tertiary/aromatic N) is 3. The number of hydrogen-bond donors (Lipinski definition) is 0. The average Bonchev–Trinajstić information content (AvgIpc) is 3.46. The molecular formula is C30H35N3O6. The van der Waals surface area contributed by atoms with E-state index >= 15 is 0 Å². The first-order chi connectivity index (χ1) is 18.9. The summed E-state index contributed by atoms with van der Waals surface area (Å²) in [5.74, 6) is 0.777. The molecule has 9 nitrogen and oxygen atoms in total. The molecule has 0 spiro atoms. The fourth-order valence-electron chi connectivity index (χ4n) is 4.63. The number of benzene rings is 2. The third-order valence-corrected chi connectivity index (χ3v) is 6.82. The van der Waals surface area contributed by atoms with Crippen LogP contribution in [0.4, 0.5) is 0 Å². The molecule has 1 aliphatic rings. The minimum Gasteiger partial charge on any atom is -0.497 e.